The van der Waals surface area contributed by atoms with Crippen LogP contribution in [0.25, 0.3) is 0 Å². The third-order valence-electron chi connectivity index (χ3n) is 10.6. The van der Waals surface area contributed by atoms with E-state index in [-0.39, 0.29) is 49.2 Å². The summed E-state index contributed by atoms with van der Waals surface area (Å²) in [4.78, 5) is 45.2. The number of hydrogen-bond acceptors (Lipinski definition) is 9. The second-order valence-electron chi connectivity index (χ2n) is 14.6. The van der Waals surface area contributed by atoms with Crippen molar-refractivity contribution in [1.82, 2.24) is 18.8 Å². The molecular weight excluding hydrogens is 722 g/mol. The highest BCUT2D eigenvalue weighted by Crippen LogP contribution is 2.43. The van der Waals surface area contributed by atoms with Crippen LogP contribution in [0.3, 0.4) is 0 Å². The van der Waals surface area contributed by atoms with E-state index in [2.05, 4.69) is 4.90 Å². The summed E-state index contributed by atoms with van der Waals surface area (Å²) in [6.45, 7) is 1.66. The van der Waals surface area contributed by atoms with Crippen molar-refractivity contribution in [2.45, 2.75) is 63.3 Å². The van der Waals surface area contributed by atoms with E-state index < -0.39 is 34.0 Å². The molecule has 1 saturated carbocycles. The highest BCUT2D eigenvalue weighted by Gasteiger charge is 2.44. The van der Waals surface area contributed by atoms with Crippen LogP contribution in [0.5, 0.6) is 5.75 Å². The number of ether oxygens (including phenoxy) is 2. The van der Waals surface area contributed by atoms with E-state index in [0.717, 1.165) is 47.5 Å². The molecule has 2 aromatic rings. The van der Waals surface area contributed by atoms with Crippen molar-refractivity contribution in [2.24, 2.45) is 11.8 Å². The van der Waals surface area contributed by atoms with Gasteiger partial charge in [0.25, 0.3) is 5.91 Å². The second-order valence-corrected chi connectivity index (χ2v) is 17.0. The monoisotopic (exact) mass is 773 g/mol. The SMILES string of the molecule is CN(C)C(=O)CO[C@H]1/C=C/CCN(C)C(=O)CC(O)(C(=O)NS(=O)(=O)N(C)C)c2ccc3c(c2)N(CCCCc2cc(Cl)ccc2CO3)C[C@@H]2CC[C@H]21. The van der Waals surface area contributed by atoms with Gasteiger partial charge in [0.15, 0.2) is 5.60 Å². The fraction of sp³-hybridized carbons (Fsp3) is 0.553. The molecule has 3 aliphatic rings. The molecule has 0 spiro atoms. The fourth-order valence-corrected chi connectivity index (χ4v) is 7.71. The summed E-state index contributed by atoms with van der Waals surface area (Å²) in [5, 5.41) is 12.9. The number of carbonyl (C=O) groups is 3. The summed E-state index contributed by atoms with van der Waals surface area (Å²) in [6, 6.07) is 10.6. The first-order valence-electron chi connectivity index (χ1n) is 18.1. The largest absolute Gasteiger partial charge is 0.487 e. The second kappa shape index (κ2) is 17.2. The highest BCUT2D eigenvalue weighted by atomic mass is 35.5. The first-order valence-corrected chi connectivity index (χ1v) is 19.9. The smallest absolute Gasteiger partial charge is 0.303 e. The lowest BCUT2D eigenvalue weighted by molar-refractivity contribution is -0.148. The molecule has 0 saturated heterocycles. The van der Waals surface area contributed by atoms with Crippen LogP contribution in [0.15, 0.2) is 48.6 Å². The fourth-order valence-electron chi connectivity index (χ4n) is 6.93. The van der Waals surface area contributed by atoms with Crippen LogP contribution in [0, 0.1) is 11.8 Å². The molecule has 0 aromatic heterocycles. The van der Waals surface area contributed by atoms with Crippen LogP contribution in [0.1, 0.15) is 55.2 Å². The Hall–Kier alpha value is -3.69. The molecule has 290 valence electrons. The van der Waals surface area contributed by atoms with Crippen LogP contribution in [0.4, 0.5) is 5.69 Å². The molecule has 2 heterocycles. The Morgan fingerprint density at radius 3 is 2.55 bits per heavy atom. The van der Waals surface area contributed by atoms with Crippen LogP contribution >= 0.6 is 11.6 Å². The van der Waals surface area contributed by atoms with Crippen LogP contribution in [-0.4, -0.2) is 113 Å². The van der Waals surface area contributed by atoms with E-state index in [0.29, 0.717) is 36.0 Å². The summed E-state index contributed by atoms with van der Waals surface area (Å²) < 4.78 is 41.2. The van der Waals surface area contributed by atoms with Gasteiger partial charge < -0.3 is 29.3 Å². The van der Waals surface area contributed by atoms with Gasteiger partial charge in [-0.05, 0) is 91.3 Å². The minimum atomic E-state index is -4.31. The number of hydrogen-bond donors (Lipinski definition) is 2. The van der Waals surface area contributed by atoms with Gasteiger partial charge in [0.2, 0.25) is 11.8 Å². The summed E-state index contributed by atoms with van der Waals surface area (Å²) >= 11 is 6.37. The highest BCUT2D eigenvalue weighted by molar-refractivity contribution is 7.87. The van der Waals surface area contributed by atoms with Crippen molar-refractivity contribution >= 4 is 45.2 Å². The molecule has 2 aromatic carbocycles. The summed E-state index contributed by atoms with van der Waals surface area (Å²) in [5.74, 6) is -1.13. The predicted octanol–water partition coefficient (Wildman–Crippen LogP) is 3.48. The van der Waals surface area contributed by atoms with Crippen LogP contribution < -0.4 is 14.4 Å². The zero-order chi connectivity index (χ0) is 38.5. The Morgan fingerprint density at radius 2 is 1.85 bits per heavy atom. The molecule has 1 fully saturated rings. The van der Waals surface area contributed by atoms with E-state index in [1.807, 2.05) is 35.1 Å². The Morgan fingerprint density at radius 1 is 1.08 bits per heavy atom. The molecule has 15 heteroatoms. The number of anilines is 1. The van der Waals surface area contributed by atoms with Gasteiger partial charge in [0, 0.05) is 59.9 Å². The maximum atomic E-state index is 13.9. The van der Waals surface area contributed by atoms with Crippen molar-refractivity contribution in [3.8, 4) is 5.75 Å². The lowest BCUT2D eigenvalue weighted by Gasteiger charge is -2.44. The molecule has 2 bridgehead atoms. The van der Waals surface area contributed by atoms with Gasteiger partial charge in [0.1, 0.15) is 19.0 Å². The average Bonchev–Trinajstić information content (AvgIpc) is 3.12. The summed E-state index contributed by atoms with van der Waals surface area (Å²) in [7, 11) is 3.16. The molecule has 1 unspecified atom stereocenters. The minimum absolute atomic E-state index is 0.0534. The Labute approximate surface area is 318 Å². The third-order valence-corrected chi connectivity index (χ3v) is 12.2. The lowest BCUT2D eigenvalue weighted by atomic mass is 9.70. The third kappa shape index (κ3) is 9.71. The van der Waals surface area contributed by atoms with Crippen molar-refractivity contribution in [2.75, 3.05) is 66.4 Å². The van der Waals surface area contributed by atoms with Gasteiger partial charge in [-0.3, -0.25) is 14.4 Å². The van der Waals surface area contributed by atoms with E-state index >= 15 is 0 Å². The Kier molecular flexibility index (Phi) is 13.1. The number of halogens is 1. The molecule has 13 nitrogen and oxygen atoms in total. The maximum absolute atomic E-state index is 13.9. The van der Waals surface area contributed by atoms with E-state index in [9.17, 15) is 27.9 Å². The maximum Gasteiger partial charge on any atom is 0.303 e. The van der Waals surface area contributed by atoms with Gasteiger partial charge in [-0.1, -0.05) is 35.9 Å². The molecule has 53 heavy (non-hydrogen) atoms. The number of rotatable bonds is 6. The number of amides is 3. The van der Waals surface area contributed by atoms with Gasteiger partial charge in [0.05, 0.1) is 18.2 Å². The number of aliphatic hydroxyl groups is 1. The predicted molar refractivity (Wildman–Crippen MR) is 203 cm³/mol. The molecule has 0 radical (unpaired) electrons. The van der Waals surface area contributed by atoms with Gasteiger partial charge in [-0.15, -0.1) is 0 Å². The Balaban J connectivity index is 1.60. The number of carbonyl (C=O) groups excluding carboxylic acids is 3. The van der Waals surface area contributed by atoms with Gasteiger partial charge >= 0.3 is 10.2 Å². The van der Waals surface area contributed by atoms with Gasteiger partial charge in [-0.2, -0.15) is 12.7 Å². The lowest BCUT2D eigenvalue weighted by Crippen LogP contribution is -2.51. The average molecular weight is 774 g/mol. The number of nitrogens with zero attached hydrogens (tertiary/aromatic N) is 4. The van der Waals surface area contributed by atoms with Crippen molar-refractivity contribution in [1.29, 1.82) is 0 Å². The summed E-state index contributed by atoms with van der Waals surface area (Å²) in [6.07, 6.45) is 7.65. The number of nitrogens with one attached hydrogen (secondary N) is 1. The standard InChI is InChI=1S/C38H52ClN5O8S/c1-41(2)36(46)25-52-33-11-7-8-18-43(5)35(45)22-38(48,37(47)40-53(49,50)42(3)4)29-14-17-34-32(21-29)44(23-27-13-16-31(27)33)19-9-6-10-26-20-30(39)15-12-28(26)24-51-34/h7,11-12,14-15,17,20-21,27,31,33,48H,6,8-10,13,16,18-19,22-25H2,1-5H3,(H,40,47)/b11-7+/t27-,31+,33-,38?/m0/s1. The molecule has 4 atom stereocenters. The van der Waals surface area contributed by atoms with E-state index in [1.54, 1.807) is 33.3 Å². The van der Waals surface area contributed by atoms with Crippen LogP contribution in [0.2, 0.25) is 5.02 Å². The number of aryl methyl sites for hydroxylation is 1. The van der Waals surface area contributed by atoms with E-state index in [4.69, 9.17) is 21.1 Å². The normalized spacial score (nSPS) is 24.8. The molecule has 1 aliphatic carbocycles. The van der Waals surface area contributed by atoms with Crippen LogP contribution in [-0.2, 0) is 48.0 Å². The van der Waals surface area contributed by atoms with Crippen molar-refractivity contribution in [3.05, 3.63) is 70.3 Å². The number of fused-ring (bicyclic) bond motifs is 3. The first kappa shape index (κ1) is 40.5. The molecule has 2 aliphatic heterocycles. The Bertz CT molecular complexity index is 1800. The number of likely N-dealkylation sites (N-methyl/N-ethyl adjacent to an activating group) is 1. The number of benzene rings is 2. The van der Waals surface area contributed by atoms with E-state index in [1.165, 1.54) is 30.0 Å². The summed E-state index contributed by atoms with van der Waals surface area (Å²) in [5.41, 5.74) is 0.207. The first-order chi connectivity index (χ1) is 25.1. The molecule has 3 amide bonds. The topological polar surface area (TPSA) is 149 Å². The van der Waals surface area contributed by atoms with Crippen molar-refractivity contribution < 1.29 is 37.4 Å². The minimum Gasteiger partial charge on any atom is -0.487 e. The quantitative estimate of drug-likeness (QED) is 0.421. The molecule has 2 N–H and O–H groups in total. The zero-order valence-electron chi connectivity index (χ0n) is 31.2. The molecule has 5 rings (SSSR count). The van der Waals surface area contributed by atoms with Crippen molar-refractivity contribution in [3.63, 3.8) is 0 Å². The zero-order valence-corrected chi connectivity index (χ0v) is 32.8. The van der Waals surface area contributed by atoms with Gasteiger partial charge in [-0.25, -0.2) is 4.72 Å². The molecular formula is C38H52ClN5O8S.